The summed E-state index contributed by atoms with van der Waals surface area (Å²) in [6.07, 6.45) is 0. The minimum atomic E-state index is -0.529. The Morgan fingerprint density at radius 2 is 2.12 bits per heavy atom. The molecule has 2 aromatic rings. The molecule has 0 spiro atoms. The number of aromatic amines is 1. The molecule has 0 fully saturated rings. The molecule has 4 N–H and O–H groups in total. The first-order valence-corrected chi connectivity index (χ1v) is 8.09. The predicted octanol–water partition coefficient (Wildman–Crippen LogP) is 1.86. The molecule has 1 aromatic carbocycles. The summed E-state index contributed by atoms with van der Waals surface area (Å²) in [6.45, 7) is 3.94. The van der Waals surface area contributed by atoms with Gasteiger partial charge in [-0.1, -0.05) is 19.9 Å². The summed E-state index contributed by atoms with van der Waals surface area (Å²) in [5.74, 6) is 0.820. The van der Waals surface area contributed by atoms with Crippen molar-refractivity contribution in [1.29, 1.82) is 0 Å². The molecule has 1 amide bonds. The van der Waals surface area contributed by atoms with E-state index in [4.69, 9.17) is 27.4 Å². The highest BCUT2D eigenvalue weighted by atomic mass is 32.1. The number of nitrogen functional groups attached to an aromatic ring is 1. The number of ether oxygens (including phenoxy) is 2. The fourth-order valence-corrected chi connectivity index (χ4v) is 2.61. The van der Waals surface area contributed by atoms with Gasteiger partial charge in [-0.25, -0.2) is 0 Å². The maximum Gasteiger partial charge on any atom is 0.277 e. The number of nitrogens with two attached hydrogens (primary N) is 1. The highest BCUT2D eigenvalue weighted by molar-refractivity contribution is 7.71. The van der Waals surface area contributed by atoms with Gasteiger partial charge in [-0.05, 0) is 29.9 Å². The van der Waals surface area contributed by atoms with Crippen molar-refractivity contribution in [3.63, 3.8) is 0 Å². The molecule has 0 saturated heterocycles. The summed E-state index contributed by atoms with van der Waals surface area (Å²) in [7, 11) is 0. The summed E-state index contributed by atoms with van der Waals surface area (Å²) in [5, 5.41) is 2.55. The zero-order valence-electron chi connectivity index (χ0n) is 13.8. The second-order valence-electron chi connectivity index (χ2n) is 5.94. The van der Waals surface area contributed by atoms with Gasteiger partial charge in [0.2, 0.25) is 12.7 Å². The van der Waals surface area contributed by atoms with E-state index in [-0.39, 0.29) is 34.9 Å². The zero-order chi connectivity index (χ0) is 18.1. The highest BCUT2D eigenvalue weighted by Gasteiger charge is 2.17. The molecule has 2 heterocycles. The Bertz CT molecular complexity index is 948. The van der Waals surface area contributed by atoms with E-state index in [0.29, 0.717) is 18.0 Å². The van der Waals surface area contributed by atoms with Gasteiger partial charge < -0.3 is 20.5 Å². The number of carbonyl (C=O) groups is 1. The first-order valence-electron chi connectivity index (χ1n) is 7.69. The van der Waals surface area contributed by atoms with Crippen LogP contribution in [0.5, 0.6) is 11.5 Å². The predicted molar refractivity (Wildman–Crippen MR) is 95.4 cm³/mol. The van der Waals surface area contributed by atoms with E-state index in [9.17, 15) is 9.59 Å². The largest absolute Gasteiger partial charge is 0.454 e. The second kappa shape index (κ2) is 6.60. The quantitative estimate of drug-likeness (QED) is 0.716. The average Bonchev–Trinajstić information content (AvgIpc) is 3.02. The third-order valence-corrected chi connectivity index (χ3v) is 4.11. The van der Waals surface area contributed by atoms with Gasteiger partial charge in [0.15, 0.2) is 16.3 Å². The Kier molecular flexibility index (Phi) is 4.49. The van der Waals surface area contributed by atoms with Crippen molar-refractivity contribution in [3.8, 4) is 11.5 Å². The summed E-state index contributed by atoms with van der Waals surface area (Å²) in [5.41, 5.74) is 6.43. The third-order valence-electron chi connectivity index (χ3n) is 3.79. The second-order valence-corrected chi connectivity index (χ2v) is 6.32. The molecular formula is C16H18N4O4S. The number of aromatic nitrogens is 2. The van der Waals surface area contributed by atoms with E-state index in [2.05, 4.69) is 10.3 Å². The van der Waals surface area contributed by atoms with Gasteiger partial charge in [0.25, 0.3) is 5.56 Å². The van der Waals surface area contributed by atoms with Crippen LogP contribution in [0.25, 0.3) is 0 Å². The van der Waals surface area contributed by atoms with E-state index in [0.717, 1.165) is 5.56 Å². The Hall–Kier alpha value is -2.81. The molecule has 0 aliphatic carbocycles. The number of amides is 1. The smallest absolute Gasteiger partial charge is 0.277 e. The van der Waals surface area contributed by atoms with Crippen LogP contribution >= 0.6 is 12.2 Å². The zero-order valence-corrected chi connectivity index (χ0v) is 14.6. The van der Waals surface area contributed by atoms with Crippen molar-refractivity contribution in [3.05, 3.63) is 38.9 Å². The number of fused-ring (bicyclic) bond motifs is 1. The highest BCUT2D eigenvalue weighted by Crippen LogP contribution is 2.33. The molecule has 8 nitrogen and oxygen atoms in total. The number of anilines is 2. The van der Waals surface area contributed by atoms with E-state index in [1.807, 2.05) is 12.1 Å². The van der Waals surface area contributed by atoms with Crippen molar-refractivity contribution in [2.45, 2.75) is 20.4 Å². The number of nitrogens with one attached hydrogen (secondary N) is 2. The third kappa shape index (κ3) is 3.36. The van der Waals surface area contributed by atoms with Crippen molar-refractivity contribution in [1.82, 2.24) is 9.55 Å². The summed E-state index contributed by atoms with van der Waals surface area (Å²) in [6, 6.07) is 5.47. The number of hydrogen-bond donors (Lipinski definition) is 3. The molecule has 132 valence electrons. The van der Waals surface area contributed by atoms with Gasteiger partial charge in [-0.3, -0.25) is 19.1 Å². The summed E-state index contributed by atoms with van der Waals surface area (Å²) < 4.78 is 12.4. The topological polar surface area (TPSA) is 111 Å². The monoisotopic (exact) mass is 362 g/mol. The fourth-order valence-electron chi connectivity index (χ4n) is 2.35. The number of hydrogen-bond acceptors (Lipinski definition) is 6. The molecule has 0 radical (unpaired) electrons. The standard InChI is InChI=1S/C16H18N4O4S/c1-8(2)14(21)18-12-13(17)20(16(25)19-15(12)22)6-9-3-4-10-11(5-9)24-7-23-10/h3-5,8H,6-7,17H2,1-2H3,(H,18,21)(H,19,22,25). The number of benzene rings is 1. The molecule has 1 aliphatic heterocycles. The molecule has 25 heavy (non-hydrogen) atoms. The minimum absolute atomic E-state index is 0.00644. The van der Waals surface area contributed by atoms with Crippen LogP contribution in [-0.2, 0) is 11.3 Å². The van der Waals surface area contributed by atoms with Crippen LogP contribution < -0.4 is 26.1 Å². The Balaban J connectivity index is 1.97. The van der Waals surface area contributed by atoms with Crippen molar-refractivity contribution in [2.75, 3.05) is 17.8 Å². The normalized spacial score (nSPS) is 12.4. The number of carbonyl (C=O) groups excluding carboxylic acids is 1. The molecule has 1 aliphatic rings. The first-order chi connectivity index (χ1) is 11.9. The van der Waals surface area contributed by atoms with Crippen molar-refractivity contribution in [2.24, 2.45) is 5.92 Å². The van der Waals surface area contributed by atoms with E-state index >= 15 is 0 Å². The molecule has 0 bridgehead atoms. The van der Waals surface area contributed by atoms with Crippen LogP contribution in [0.4, 0.5) is 11.5 Å². The Morgan fingerprint density at radius 1 is 1.40 bits per heavy atom. The van der Waals surface area contributed by atoms with Gasteiger partial charge in [-0.2, -0.15) is 0 Å². The number of rotatable bonds is 4. The van der Waals surface area contributed by atoms with Gasteiger partial charge in [0.05, 0.1) is 6.54 Å². The SMILES string of the molecule is CC(C)C(=O)Nc1c(N)n(Cc2ccc3c(c2)OCO3)c(=S)[nH]c1=O. The lowest BCUT2D eigenvalue weighted by Crippen LogP contribution is -2.27. The Labute approximate surface area is 148 Å². The van der Waals surface area contributed by atoms with Crippen LogP contribution in [-0.4, -0.2) is 22.3 Å². The van der Waals surface area contributed by atoms with Crippen LogP contribution in [0.3, 0.4) is 0 Å². The molecule has 0 atom stereocenters. The van der Waals surface area contributed by atoms with Crippen LogP contribution in [0.15, 0.2) is 23.0 Å². The lowest BCUT2D eigenvalue weighted by atomic mass is 10.2. The van der Waals surface area contributed by atoms with Gasteiger partial charge in [-0.15, -0.1) is 0 Å². The first kappa shape index (κ1) is 17.0. The Morgan fingerprint density at radius 3 is 2.84 bits per heavy atom. The minimum Gasteiger partial charge on any atom is -0.454 e. The van der Waals surface area contributed by atoms with E-state index in [1.54, 1.807) is 24.5 Å². The van der Waals surface area contributed by atoms with Crippen LogP contribution in [0.2, 0.25) is 0 Å². The van der Waals surface area contributed by atoms with Gasteiger partial charge in [0.1, 0.15) is 11.5 Å². The molecule has 0 unspecified atom stereocenters. The van der Waals surface area contributed by atoms with Gasteiger partial charge >= 0.3 is 0 Å². The maximum atomic E-state index is 12.1. The maximum absolute atomic E-state index is 12.1. The number of H-pyrrole nitrogens is 1. The van der Waals surface area contributed by atoms with Gasteiger partial charge in [0, 0.05) is 5.92 Å². The molecular weight excluding hydrogens is 344 g/mol. The molecule has 9 heteroatoms. The fraction of sp³-hybridized carbons (Fsp3) is 0.312. The lowest BCUT2D eigenvalue weighted by molar-refractivity contribution is -0.118. The van der Waals surface area contributed by atoms with Crippen LogP contribution in [0.1, 0.15) is 19.4 Å². The number of nitrogens with zero attached hydrogens (tertiary/aromatic N) is 1. The van der Waals surface area contributed by atoms with E-state index < -0.39 is 5.56 Å². The van der Waals surface area contributed by atoms with Crippen molar-refractivity contribution < 1.29 is 14.3 Å². The molecule has 0 saturated carbocycles. The molecule has 1 aromatic heterocycles. The summed E-state index contributed by atoms with van der Waals surface area (Å²) in [4.78, 5) is 26.6. The average molecular weight is 362 g/mol. The molecule has 3 rings (SSSR count). The summed E-state index contributed by atoms with van der Waals surface area (Å²) >= 11 is 5.21. The lowest BCUT2D eigenvalue weighted by Gasteiger charge is -2.15. The van der Waals surface area contributed by atoms with Crippen molar-refractivity contribution >= 4 is 29.6 Å². The van der Waals surface area contributed by atoms with E-state index in [1.165, 1.54) is 0 Å². The van der Waals surface area contributed by atoms with Crippen LogP contribution in [0, 0.1) is 10.7 Å².